The van der Waals surface area contributed by atoms with Crippen LogP contribution in [0.4, 0.5) is 22.0 Å². The van der Waals surface area contributed by atoms with Crippen molar-refractivity contribution in [2.45, 2.75) is 32.4 Å². The van der Waals surface area contributed by atoms with E-state index in [1.165, 1.54) is 24.3 Å². The van der Waals surface area contributed by atoms with Crippen LogP contribution in [0.2, 0.25) is 0 Å². The molecule has 3 rings (SSSR count). The number of carboxylic acids is 1. The summed E-state index contributed by atoms with van der Waals surface area (Å²) in [5.41, 5.74) is -0.290. The van der Waals surface area contributed by atoms with Crippen molar-refractivity contribution >= 4 is 5.97 Å². The topological polar surface area (TPSA) is 50.2 Å². The number of alkyl halides is 3. The lowest BCUT2D eigenvalue weighted by Crippen LogP contribution is -2.14. The fourth-order valence-corrected chi connectivity index (χ4v) is 3.41. The second-order valence-electron chi connectivity index (χ2n) is 7.89. The van der Waals surface area contributed by atoms with Crippen LogP contribution in [0.15, 0.2) is 54.6 Å². The molecule has 0 aliphatic rings. The first kappa shape index (κ1) is 23.4. The van der Waals surface area contributed by atoms with Crippen molar-refractivity contribution in [3.8, 4) is 22.5 Å². The highest BCUT2D eigenvalue weighted by Gasteiger charge is 2.30. The molecular weight excluding hydrogens is 429 g/mol. The quantitative estimate of drug-likeness (QED) is 0.415. The lowest BCUT2D eigenvalue weighted by molar-refractivity contribution is -0.139. The van der Waals surface area contributed by atoms with Crippen LogP contribution in [-0.2, 0) is 11.0 Å². The Kier molecular flexibility index (Phi) is 6.62. The smallest absolute Gasteiger partial charge is 0.416 e. The van der Waals surface area contributed by atoms with Crippen molar-refractivity contribution < 1.29 is 31.9 Å². The first-order valence-electron chi connectivity index (χ1n) is 9.83. The van der Waals surface area contributed by atoms with Gasteiger partial charge in [-0.2, -0.15) is 13.2 Å². The summed E-state index contributed by atoms with van der Waals surface area (Å²) in [7, 11) is 0. The molecule has 0 radical (unpaired) electrons. The lowest BCUT2D eigenvalue weighted by Gasteiger charge is -2.18. The zero-order valence-electron chi connectivity index (χ0n) is 17.3. The van der Waals surface area contributed by atoms with E-state index in [1.54, 1.807) is 0 Å². The average molecular weight is 449 g/mol. The molecule has 0 bridgehead atoms. The minimum Gasteiger partial charge on any atom is -0.481 e. The Morgan fingerprint density at radius 2 is 1.59 bits per heavy atom. The van der Waals surface area contributed by atoms with Crippen molar-refractivity contribution in [3.63, 3.8) is 0 Å². The van der Waals surface area contributed by atoms with E-state index >= 15 is 0 Å². The Morgan fingerprint density at radius 3 is 2.16 bits per heavy atom. The fraction of sp³-hybridized carbons (Fsp3) is 0.250. The minimum absolute atomic E-state index is 0.00981. The molecule has 32 heavy (non-hydrogen) atoms. The van der Waals surface area contributed by atoms with Crippen LogP contribution < -0.4 is 0 Å². The number of nitrogens with zero attached hydrogens (tertiary/aromatic N) is 1. The molecule has 3 aromatic rings. The standard InChI is InChI=1S/C24H20F5NO2/c1-13(2)9-18(23(31)32)15-10-21(14-3-5-16(6-4-14)24(27,28)29)30-22(11-15)19-12-17(25)7-8-20(19)26/h3-8,10-13,18H,9H2,1-2H3,(H,31,32). The van der Waals surface area contributed by atoms with Gasteiger partial charge >= 0.3 is 12.1 Å². The number of carbonyl (C=O) groups is 1. The van der Waals surface area contributed by atoms with Crippen molar-refractivity contribution in [1.82, 2.24) is 4.98 Å². The van der Waals surface area contributed by atoms with E-state index in [2.05, 4.69) is 4.98 Å². The molecule has 0 amide bonds. The van der Waals surface area contributed by atoms with Gasteiger partial charge in [0.1, 0.15) is 11.6 Å². The summed E-state index contributed by atoms with van der Waals surface area (Å²) in [6.45, 7) is 3.70. The van der Waals surface area contributed by atoms with Gasteiger partial charge in [-0.15, -0.1) is 0 Å². The molecule has 3 nitrogen and oxygen atoms in total. The summed E-state index contributed by atoms with van der Waals surface area (Å²) in [4.78, 5) is 16.2. The number of halogens is 5. The average Bonchev–Trinajstić information content (AvgIpc) is 2.72. The third-order valence-electron chi connectivity index (χ3n) is 4.97. The summed E-state index contributed by atoms with van der Waals surface area (Å²) in [6.07, 6.45) is -4.24. The van der Waals surface area contributed by atoms with Gasteiger partial charge in [0.05, 0.1) is 22.9 Å². The largest absolute Gasteiger partial charge is 0.481 e. The van der Waals surface area contributed by atoms with Crippen molar-refractivity contribution in [1.29, 1.82) is 0 Å². The van der Waals surface area contributed by atoms with Gasteiger partial charge in [-0.25, -0.2) is 13.8 Å². The number of benzene rings is 2. The Morgan fingerprint density at radius 1 is 0.969 bits per heavy atom. The van der Waals surface area contributed by atoms with Gasteiger partial charge in [-0.3, -0.25) is 4.79 Å². The van der Waals surface area contributed by atoms with Crippen LogP contribution in [0.5, 0.6) is 0 Å². The van der Waals surface area contributed by atoms with E-state index in [0.717, 1.165) is 30.3 Å². The molecule has 1 atom stereocenters. The second kappa shape index (κ2) is 9.06. The zero-order chi connectivity index (χ0) is 23.6. The summed E-state index contributed by atoms with van der Waals surface area (Å²) in [5, 5.41) is 9.74. The van der Waals surface area contributed by atoms with Gasteiger partial charge in [0.25, 0.3) is 0 Å². The molecule has 0 saturated heterocycles. The van der Waals surface area contributed by atoms with E-state index < -0.39 is 35.3 Å². The van der Waals surface area contributed by atoms with Crippen LogP contribution in [0.1, 0.15) is 37.3 Å². The Balaban J connectivity index is 2.20. The minimum atomic E-state index is -4.52. The third-order valence-corrected chi connectivity index (χ3v) is 4.97. The monoisotopic (exact) mass is 449 g/mol. The first-order chi connectivity index (χ1) is 15.0. The van der Waals surface area contributed by atoms with Gasteiger partial charge < -0.3 is 5.11 Å². The molecule has 0 spiro atoms. The summed E-state index contributed by atoms with van der Waals surface area (Å²) >= 11 is 0. The van der Waals surface area contributed by atoms with Crippen molar-refractivity contribution in [3.05, 3.63) is 77.4 Å². The Labute approximate surface area is 181 Å². The maximum Gasteiger partial charge on any atom is 0.416 e. The van der Waals surface area contributed by atoms with Crippen LogP contribution in [-0.4, -0.2) is 16.1 Å². The number of rotatable bonds is 6. The number of hydrogen-bond acceptors (Lipinski definition) is 2. The van der Waals surface area contributed by atoms with Gasteiger partial charge in [0.2, 0.25) is 0 Å². The van der Waals surface area contributed by atoms with Gasteiger partial charge in [-0.1, -0.05) is 26.0 Å². The van der Waals surface area contributed by atoms with E-state index in [4.69, 9.17) is 0 Å². The highest BCUT2D eigenvalue weighted by atomic mass is 19.4. The maximum absolute atomic E-state index is 14.4. The van der Waals surface area contributed by atoms with Crippen LogP contribution >= 0.6 is 0 Å². The number of aliphatic carboxylic acids is 1. The SMILES string of the molecule is CC(C)CC(C(=O)O)c1cc(-c2ccc(C(F)(F)F)cc2)nc(-c2cc(F)ccc2F)c1. The summed E-state index contributed by atoms with van der Waals surface area (Å²) < 4.78 is 66.9. The van der Waals surface area contributed by atoms with Crippen LogP contribution in [0, 0.1) is 17.6 Å². The highest BCUT2D eigenvalue weighted by Crippen LogP contribution is 2.34. The molecule has 1 heterocycles. The number of aromatic nitrogens is 1. The Hall–Kier alpha value is -3.29. The molecule has 1 aromatic heterocycles. The van der Waals surface area contributed by atoms with Crippen molar-refractivity contribution in [2.75, 3.05) is 0 Å². The van der Waals surface area contributed by atoms with Crippen molar-refractivity contribution in [2.24, 2.45) is 5.92 Å². The zero-order valence-corrected chi connectivity index (χ0v) is 17.3. The lowest BCUT2D eigenvalue weighted by atomic mass is 9.89. The molecule has 0 aliphatic carbocycles. The molecule has 0 saturated carbocycles. The van der Waals surface area contributed by atoms with Crippen LogP contribution in [0.25, 0.3) is 22.5 Å². The van der Waals surface area contributed by atoms with Gasteiger partial charge in [0, 0.05) is 11.1 Å². The van der Waals surface area contributed by atoms with Gasteiger partial charge in [0.15, 0.2) is 0 Å². The first-order valence-corrected chi connectivity index (χ1v) is 9.83. The maximum atomic E-state index is 14.4. The summed E-state index contributed by atoms with van der Waals surface area (Å²) in [6, 6.07) is 9.84. The molecule has 8 heteroatoms. The van der Waals surface area contributed by atoms with Crippen LogP contribution in [0.3, 0.4) is 0 Å². The third kappa shape index (κ3) is 5.30. The highest BCUT2D eigenvalue weighted by molar-refractivity contribution is 5.78. The second-order valence-corrected chi connectivity index (χ2v) is 7.89. The molecule has 2 aromatic carbocycles. The van der Waals surface area contributed by atoms with E-state index in [0.29, 0.717) is 5.56 Å². The normalized spacial score (nSPS) is 12.8. The van der Waals surface area contributed by atoms with E-state index in [-0.39, 0.29) is 34.9 Å². The molecule has 168 valence electrons. The molecule has 0 aliphatic heterocycles. The van der Waals surface area contributed by atoms with Gasteiger partial charge in [-0.05, 0) is 60.4 Å². The number of hydrogen-bond donors (Lipinski definition) is 1. The molecule has 0 fully saturated rings. The number of carboxylic acid groups (broad SMARTS) is 1. The van der Waals surface area contributed by atoms with E-state index in [9.17, 15) is 31.9 Å². The Bertz CT molecular complexity index is 1120. The molecular formula is C24H20F5NO2. The summed E-state index contributed by atoms with van der Waals surface area (Å²) in [5.74, 6) is -3.50. The van der Waals surface area contributed by atoms with E-state index in [1.807, 2.05) is 13.8 Å². The molecule has 1 N–H and O–H groups in total. The fourth-order valence-electron chi connectivity index (χ4n) is 3.41. The predicted molar refractivity (Wildman–Crippen MR) is 110 cm³/mol. The predicted octanol–water partition coefficient (Wildman–Crippen LogP) is 6.93. The number of pyridine rings is 1. The molecule has 1 unspecified atom stereocenters.